The Hall–Kier alpha value is -3.21. The highest BCUT2D eigenvalue weighted by atomic mass is 16.5. The summed E-state index contributed by atoms with van der Waals surface area (Å²) in [5.74, 6) is 1.37. The maximum atomic E-state index is 12.4. The highest BCUT2D eigenvalue weighted by molar-refractivity contribution is 5.97. The second-order valence-corrected chi connectivity index (χ2v) is 6.65. The number of para-hydroxylation sites is 1. The maximum Gasteiger partial charge on any atom is 0.244 e. The fourth-order valence-electron chi connectivity index (χ4n) is 3.21. The van der Waals surface area contributed by atoms with Crippen molar-refractivity contribution in [3.8, 4) is 11.5 Å². The molecule has 0 aliphatic heterocycles. The van der Waals surface area contributed by atoms with E-state index in [9.17, 15) is 4.79 Å². The average Bonchev–Trinajstić information content (AvgIpc) is 3.07. The van der Waals surface area contributed by atoms with E-state index < -0.39 is 0 Å². The molecule has 0 unspecified atom stereocenters. The van der Waals surface area contributed by atoms with E-state index in [1.165, 1.54) is 0 Å². The summed E-state index contributed by atoms with van der Waals surface area (Å²) in [6.07, 6.45) is 4.02. The fourth-order valence-corrected chi connectivity index (χ4v) is 3.21. The lowest BCUT2D eigenvalue weighted by atomic mass is 10.0. The molecule has 0 spiro atoms. The Labute approximate surface area is 164 Å². The molecule has 0 saturated carbocycles. The number of benzene rings is 2. The molecule has 0 bridgehead atoms. The van der Waals surface area contributed by atoms with Crippen LogP contribution in [0.2, 0.25) is 0 Å². The van der Waals surface area contributed by atoms with Gasteiger partial charge in [-0.25, -0.2) is 0 Å². The first-order chi connectivity index (χ1) is 13.5. The largest absolute Gasteiger partial charge is 0.496 e. The minimum absolute atomic E-state index is 0.140. The van der Waals surface area contributed by atoms with Crippen LogP contribution in [-0.2, 0) is 11.2 Å². The van der Waals surface area contributed by atoms with Crippen LogP contribution in [0.5, 0.6) is 11.5 Å². The standard InChI is InChI=1S/C23H25NO4/c1-15(18-12-19-16(2)14-28-22(19)13-21(18)27-4)11-23(25)24-10-9-17-7-5-6-8-20(17)26-3/h5-8,11-14H,9-10H2,1-4H3,(H,24,25)/b15-11+. The van der Waals surface area contributed by atoms with Gasteiger partial charge >= 0.3 is 0 Å². The molecule has 0 radical (unpaired) electrons. The fraction of sp³-hybridized carbons (Fsp3) is 0.261. The molecule has 1 heterocycles. The predicted molar refractivity (Wildman–Crippen MR) is 111 cm³/mol. The smallest absolute Gasteiger partial charge is 0.244 e. The van der Waals surface area contributed by atoms with Crippen LogP contribution >= 0.6 is 0 Å². The van der Waals surface area contributed by atoms with Crippen LogP contribution in [0, 0.1) is 6.92 Å². The van der Waals surface area contributed by atoms with Gasteiger partial charge in [0.2, 0.25) is 5.91 Å². The van der Waals surface area contributed by atoms with E-state index in [2.05, 4.69) is 5.32 Å². The lowest BCUT2D eigenvalue weighted by Gasteiger charge is -2.10. The Morgan fingerprint density at radius 1 is 1.14 bits per heavy atom. The number of allylic oxidation sites excluding steroid dienone is 1. The van der Waals surface area contributed by atoms with Crippen LogP contribution in [0.1, 0.15) is 23.6 Å². The van der Waals surface area contributed by atoms with E-state index in [4.69, 9.17) is 13.9 Å². The molecule has 3 aromatic rings. The predicted octanol–water partition coefficient (Wildman–Crippen LogP) is 4.52. The molecule has 5 nitrogen and oxygen atoms in total. The summed E-state index contributed by atoms with van der Waals surface area (Å²) in [4.78, 5) is 12.4. The molecule has 0 aliphatic carbocycles. The van der Waals surface area contributed by atoms with Gasteiger partial charge in [0, 0.05) is 29.6 Å². The first-order valence-corrected chi connectivity index (χ1v) is 9.17. The Morgan fingerprint density at radius 2 is 1.89 bits per heavy atom. The van der Waals surface area contributed by atoms with Gasteiger partial charge in [-0.05, 0) is 49.1 Å². The van der Waals surface area contributed by atoms with Gasteiger partial charge in [0.05, 0.1) is 20.5 Å². The van der Waals surface area contributed by atoms with E-state index in [0.29, 0.717) is 18.7 Å². The Balaban J connectivity index is 1.71. The normalized spacial score (nSPS) is 11.5. The second kappa shape index (κ2) is 8.65. The third-order valence-electron chi connectivity index (χ3n) is 4.75. The lowest BCUT2D eigenvalue weighted by Crippen LogP contribution is -2.24. The van der Waals surface area contributed by atoms with Crippen LogP contribution in [-0.4, -0.2) is 26.7 Å². The van der Waals surface area contributed by atoms with Gasteiger partial charge in [0.1, 0.15) is 17.1 Å². The molecule has 2 aromatic carbocycles. The van der Waals surface area contributed by atoms with Crippen LogP contribution < -0.4 is 14.8 Å². The van der Waals surface area contributed by atoms with Gasteiger partial charge < -0.3 is 19.2 Å². The number of ether oxygens (including phenoxy) is 2. The van der Waals surface area contributed by atoms with Crippen molar-refractivity contribution in [1.29, 1.82) is 0 Å². The number of furan rings is 1. The van der Waals surface area contributed by atoms with Gasteiger partial charge in [-0.2, -0.15) is 0 Å². The summed E-state index contributed by atoms with van der Waals surface area (Å²) in [7, 11) is 3.26. The molecule has 0 atom stereocenters. The van der Waals surface area contributed by atoms with Crippen LogP contribution in [0.4, 0.5) is 0 Å². The average molecular weight is 379 g/mol. The van der Waals surface area contributed by atoms with Gasteiger partial charge in [0.25, 0.3) is 0 Å². The highest BCUT2D eigenvalue weighted by Crippen LogP contribution is 2.33. The molecule has 146 valence electrons. The molecule has 0 saturated heterocycles. The maximum absolute atomic E-state index is 12.4. The van der Waals surface area contributed by atoms with Crippen molar-refractivity contribution in [3.05, 3.63) is 65.4 Å². The lowest BCUT2D eigenvalue weighted by molar-refractivity contribution is -0.116. The zero-order valence-electron chi connectivity index (χ0n) is 16.7. The summed E-state index contributed by atoms with van der Waals surface area (Å²) in [5.41, 5.74) is 4.59. The number of fused-ring (bicyclic) bond motifs is 1. The number of aryl methyl sites for hydroxylation is 1. The van der Waals surface area contributed by atoms with Crippen molar-refractivity contribution in [1.82, 2.24) is 5.32 Å². The van der Waals surface area contributed by atoms with E-state index in [1.807, 2.05) is 50.2 Å². The first kappa shape index (κ1) is 19.5. The molecule has 28 heavy (non-hydrogen) atoms. The van der Waals surface area contributed by atoms with Crippen molar-refractivity contribution in [2.75, 3.05) is 20.8 Å². The third kappa shape index (κ3) is 4.19. The van der Waals surface area contributed by atoms with Crippen molar-refractivity contribution < 1.29 is 18.7 Å². The van der Waals surface area contributed by atoms with Crippen LogP contribution in [0.15, 0.2) is 53.2 Å². The monoisotopic (exact) mass is 379 g/mol. The van der Waals surface area contributed by atoms with Crippen molar-refractivity contribution in [3.63, 3.8) is 0 Å². The van der Waals surface area contributed by atoms with Gasteiger partial charge in [-0.1, -0.05) is 18.2 Å². The number of nitrogens with one attached hydrogen (secondary N) is 1. The zero-order valence-corrected chi connectivity index (χ0v) is 16.7. The van der Waals surface area contributed by atoms with Gasteiger partial charge in [-0.15, -0.1) is 0 Å². The SMILES string of the molecule is COc1ccccc1CCNC(=O)/C=C(\C)c1cc2c(C)coc2cc1OC. The number of hydrogen-bond donors (Lipinski definition) is 1. The quantitative estimate of drug-likeness (QED) is 0.613. The molecule has 5 heteroatoms. The number of methoxy groups -OCH3 is 2. The Morgan fingerprint density at radius 3 is 2.64 bits per heavy atom. The van der Waals surface area contributed by atoms with E-state index in [1.54, 1.807) is 26.6 Å². The summed E-state index contributed by atoms with van der Waals surface area (Å²) in [6, 6.07) is 11.7. The van der Waals surface area contributed by atoms with E-state index >= 15 is 0 Å². The summed E-state index contributed by atoms with van der Waals surface area (Å²) < 4.78 is 16.4. The Bertz CT molecular complexity index is 1020. The van der Waals surface area contributed by atoms with Crippen molar-refractivity contribution in [2.24, 2.45) is 0 Å². The van der Waals surface area contributed by atoms with Crippen molar-refractivity contribution >= 4 is 22.4 Å². The number of carbonyl (C=O) groups excluding carboxylic acids is 1. The number of hydrogen-bond acceptors (Lipinski definition) is 4. The molecular weight excluding hydrogens is 354 g/mol. The van der Waals surface area contributed by atoms with Gasteiger partial charge in [0.15, 0.2) is 0 Å². The van der Waals surface area contributed by atoms with Crippen molar-refractivity contribution in [2.45, 2.75) is 20.3 Å². The second-order valence-electron chi connectivity index (χ2n) is 6.65. The number of amides is 1. The molecule has 1 N–H and O–H groups in total. The van der Waals surface area contributed by atoms with E-state index in [-0.39, 0.29) is 5.91 Å². The third-order valence-corrected chi connectivity index (χ3v) is 4.75. The molecule has 1 amide bonds. The minimum Gasteiger partial charge on any atom is -0.496 e. The topological polar surface area (TPSA) is 60.7 Å². The summed E-state index contributed by atoms with van der Waals surface area (Å²) in [5, 5.41) is 3.95. The van der Waals surface area contributed by atoms with Gasteiger partial charge in [-0.3, -0.25) is 4.79 Å². The number of rotatable bonds is 7. The number of carbonyl (C=O) groups is 1. The molecule has 0 aliphatic rings. The Kier molecular flexibility index (Phi) is 6.04. The van der Waals surface area contributed by atoms with Crippen LogP contribution in [0.25, 0.3) is 16.5 Å². The molecule has 3 rings (SSSR count). The summed E-state index contributed by atoms with van der Waals surface area (Å²) >= 11 is 0. The first-order valence-electron chi connectivity index (χ1n) is 9.17. The zero-order chi connectivity index (χ0) is 20.1. The summed E-state index contributed by atoms with van der Waals surface area (Å²) in [6.45, 7) is 4.42. The van der Waals surface area contributed by atoms with Crippen LogP contribution in [0.3, 0.4) is 0 Å². The van der Waals surface area contributed by atoms with E-state index in [0.717, 1.165) is 39.0 Å². The highest BCUT2D eigenvalue weighted by Gasteiger charge is 2.12. The molecule has 0 fully saturated rings. The molecular formula is C23H25NO4. The molecule has 1 aromatic heterocycles. The minimum atomic E-state index is -0.140.